The van der Waals surface area contributed by atoms with Gasteiger partial charge in [0.2, 0.25) is 0 Å². The molecule has 3 nitrogen and oxygen atoms in total. The van der Waals surface area contributed by atoms with Gasteiger partial charge in [-0.05, 0) is 32.4 Å². The highest BCUT2D eigenvalue weighted by Crippen LogP contribution is 2.22. The summed E-state index contributed by atoms with van der Waals surface area (Å²) >= 11 is 0. The van der Waals surface area contributed by atoms with Crippen LogP contribution in [0.15, 0.2) is 24.3 Å². The van der Waals surface area contributed by atoms with E-state index in [9.17, 15) is 4.79 Å². The van der Waals surface area contributed by atoms with Crippen LogP contribution >= 0.6 is 0 Å². The molecule has 3 heteroatoms. The molecule has 0 aliphatic carbocycles. The Hall–Kier alpha value is -1.77. The zero-order chi connectivity index (χ0) is 12.4. The number of benzene rings is 1. The Morgan fingerprint density at radius 1 is 1.35 bits per heavy atom. The van der Waals surface area contributed by atoms with Crippen molar-refractivity contribution in [2.75, 3.05) is 0 Å². The molecule has 1 aromatic carbocycles. The minimum atomic E-state index is -0.173. The van der Waals surface area contributed by atoms with Gasteiger partial charge in [-0.25, -0.2) is 0 Å². The molecule has 0 spiro atoms. The van der Waals surface area contributed by atoms with Crippen molar-refractivity contribution in [3.8, 4) is 0 Å². The van der Waals surface area contributed by atoms with E-state index >= 15 is 0 Å². The van der Waals surface area contributed by atoms with Crippen LogP contribution in [0.4, 0.5) is 0 Å². The van der Waals surface area contributed by atoms with E-state index in [0.717, 1.165) is 22.2 Å². The highest BCUT2D eigenvalue weighted by atomic mass is 16.5. The summed E-state index contributed by atoms with van der Waals surface area (Å²) in [6.07, 6.45) is 0.265. The fourth-order valence-corrected chi connectivity index (χ4v) is 2.01. The van der Waals surface area contributed by atoms with Crippen molar-refractivity contribution in [1.29, 1.82) is 0 Å². The van der Waals surface area contributed by atoms with Gasteiger partial charge in [0.25, 0.3) is 0 Å². The highest BCUT2D eigenvalue weighted by molar-refractivity contribution is 5.88. The fourth-order valence-electron chi connectivity index (χ4n) is 2.01. The van der Waals surface area contributed by atoms with Crippen molar-refractivity contribution in [3.63, 3.8) is 0 Å². The maximum Gasteiger partial charge on any atom is 0.310 e. The van der Waals surface area contributed by atoms with Crippen molar-refractivity contribution < 1.29 is 9.53 Å². The predicted octanol–water partition coefficient (Wildman–Crippen LogP) is 2.97. The number of fused-ring (bicyclic) bond motifs is 1. The second-order valence-electron chi connectivity index (χ2n) is 4.49. The lowest BCUT2D eigenvalue weighted by Gasteiger charge is -2.07. The third-order valence-electron chi connectivity index (χ3n) is 2.72. The predicted molar refractivity (Wildman–Crippen MR) is 68.0 cm³/mol. The van der Waals surface area contributed by atoms with Gasteiger partial charge in [0.15, 0.2) is 0 Å². The largest absolute Gasteiger partial charge is 0.463 e. The van der Waals surface area contributed by atoms with Crippen LogP contribution in [-0.2, 0) is 16.0 Å². The lowest BCUT2D eigenvalue weighted by molar-refractivity contribution is -0.146. The second-order valence-corrected chi connectivity index (χ2v) is 4.49. The Balaban J connectivity index is 2.29. The van der Waals surface area contributed by atoms with Gasteiger partial charge in [-0.1, -0.05) is 18.2 Å². The first kappa shape index (κ1) is 11.7. The number of ether oxygens (including phenoxy) is 1. The Bertz CT molecular complexity index is 540. The average molecular weight is 231 g/mol. The smallest absolute Gasteiger partial charge is 0.310 e. The first-order chi connectivity index (χ1) is 8.08. The third-order valence-corrected chi connectivity index (χ3v) is 2.72. The molecule has 2 rings (SSSR count). The molecule has 0 aliphatic rings. The number of para-hydroxylation sites is 1. The second kappa shape index (κ2) is 4.62. The summed E-state index contributed by atoms with van der Waals surface area (Å²) in [7, 11) is 0. The van der Waals surface area contributed by atoms with Crippen LogP contribution in [0.5, 0.6) is 0 Å². The summed E-state index contributed by atoms with van der Waals surface area (Å²) in [5.74, 6) is -0.173. The molecule has 2 aromatic rings. The summed E-state index contributed by atoms with van der Waals surface area (Å²) < 4.78 is 5.17. The van der Waals surface area contributed by atoms with Crippen molar-refractivity contribution in [1.82, 2.24) is 4.98 Å². The molecule has 0 amide bonds. The van der Waals surface area contributed by atoms with Gasteiger partial charge < -0.3 is 9.72 Å². The van der Waals surface area contributed by atoms with E-state index in [-0.39, 0.29) is 12.1 Å². The van der Waals surface area contributed by atoms with Gasteiger partial charge in [-0.2, -0.15) is 0 Å². The van der Waals surface area contributed by atoms with Gasteiger partial charge in [0.05, 0.1) is 12.5 Å². The van der Waals surface area contributed by atoms with Gasteiger partial charge in [0.1, 0.15) is 0 Å². The Kier molecular flexibility index (Phi) is 3.18. The summed E-state index contributed by atoms with van der Waals surface area (Å²) in [6, 6.07) is 8.00. The zero-order valence-electron chi connectivity index (χ0n) is 10.4. The van der Waals surface area contributed by atoms with Crippen LogP contribution < -0.4 is 0 Å². The molecule has 90 valence electrons. The van der Waals surface area contributed by atoms with Crippen LogP contribution in [0.3, 0.4) is 0 Å². The highest BCUT2D eigenvalue weighted by Gasteiger charge is 2.13. The van der Waals surface area contributed by atoms with Crippen molar-refractivity contribution in [2.45, 2.75) is 33.3 Å². The average Bonchev–Trinajstić information content (AvgIpc) is 2.55. The minimum absolute atomic E-state index is 0.0620. The molecule has 1 N–H and O–H groups in total. The van der Waals surface area contributed by atoms with Crippen molar-refractivity contribution in [2.24, 2.45) is 0 Å². The Morgan fingerprint density at radius 2 is 2.06 bits per heavy atom. The SMILES string of the molecule is Cc1[nH]c2ccccc2c1CC(=O)OC(C)C. The van der Waals surface area contributed by atoms with E-state index in [4.69, 9.17) is 4.74 Å². The first-order valence-corrected chi connectivity index (χ1v) is 5.83. The molecule has 17 heavy (non-hydrogen) atoms. The van der Waals surface area contributed by atoms with Crippen LogP contribution in [0.1, 0.15) is 25.1 Å². The molecule has 0 aliphatic heterocycles. The number of carbonyl (C=O) groups excluding carboxylic acids is 1. The Morgan fingerprint density at radius 3 is 2.76 bits per heavy atom. The maximum absolute atomic E-state index is 11.7. The standard InChI is InChI=1S/C14H17NO2/c1-9(2)17-14(16)8-12-10(3)15-13-7-5-4-6-11(12)13/h4-7,9,15H,8H2,1-3H3. The fraction of sp³-hybridized carbons (Fsp3) is 0.357. The number of rotatable bonds is 3. The van der Waals surface area contributed by atoms with Crippen LogP contribution in [0.2, 0.25) is 0 Å². The van der Waals surface area contributed by atoms with E-state index in [1.807, 2.05) is 45.0 Å². The number of carbonyl (C=O) groups is 1. The van der Waals surface area contributed by atoms with Crippen LogP contribution in [0.25, 0.3) is 10.9 Å². The molecular weight excluding hydrogens is 214 g/mol. The van der Waals surface area contributed by atoms with Crippen molar-refractivity contribution in [3.05, 3.63) is 35.5 Å². The molecule has 0 saturated heterocycles. The minimum Gasteiger partial charge on any atom is -0.463 e. The topological polar surface area (TPSA) is 42.1 Å². The van der Waals surface area contributed by atoms with E-state index < -0.39 is 0 Å². The number of aryl methyl sites for hydroxylation is 1. The Labute approximate surface area is 101 Å². The molecule has 1 aromatic heterocycles. The van der Waals surface area contributed by atoms with E-state index in [1.165, 1.54) is 0 Å². The first-order valence-electron chi connectivity index (χ1n) is 5.83. The molecule has 0 atom stereocenters. The number of hydrogen-bond donors (Lipinski definition) is 1. The van der Waals surface area contributed by atoms with E-state index in [0.29, 0.717) is 6.42 Å². The molecule has 0 fully saturated rings. The number of H-pyrrole nitrogens is 1. The molecule has 0 radical (unpaired) electrons. The zero-order valence-corrected chi connectivity index (χ0v) is 10.4. The van der Waals surface area contributed by atoms with Gasteiger partial charge in [0, 0.05) is 16.6 Å². The molecule has 0 bridgehead atoms. The monoisotopic (exact) mass is 231 g/mol. The quantitative estimate of drug-likeness (QED) is 0.825. The molecule has 1 heterocycles. The van der Waals surface area contributed by atoms with Gasteiger partial charge in [-0.3, -0.25) is 4.79 Å². The van der Waals surface area contributed by atoms with Crippen LogP contribution in [-0.4, -0.2) is 17.1 Å². The lowest BCUT2D eigenvalue weighted by atomic mass is 10.1. The van der Waals surface area contributed by atoms with Gasteiger partial charge in [-0.15, -0.1) is 0 Å². The summed E-state index contributed by atoms with van der Waals surface area (Å²) in [6.45, 7) is 5.71. The molecular formula is C14H17NO2. The lowest BCUT2D eigenvalue weighted by Crippen LogP contribution is -2.13. The number of aromatic amines is 1. The molecule has 0 saturated carbocycles. The van der Waals surface area contributed by atoms with Crippen LogP contribution in [0, 0.1) is 6.92 Å². The summed E-state index contributed by atoms with van der Waals surface area (Å²) in [5.41, 5.74) is 3.13. The normalized spacial score (nSPS) is 11.1. The van der Waals surface area contributed by atoms with Gasteiger partial charge >= 0.3 is 5.97 Å². The number of aromatic nitrogens is 1. The number of hydrogen-bond acceptors (Lipinski definition) is 2. The van der Waals surface area contributed by atoms with Crippen molar-refractivity contribution >= 4 is 16.9 Å². The van der Waals surface area contributed by atoms with E-state index in [1.54, 1.807) is 0 Å². The number of esters is 1. The third kappa shape index (κ3) is 2.49. The molecule has 0 unspecified atom stereocenters. The maximum atomic E-state index is 11.7. The number of nitrogens with one attached hydrogen (secondary N) is 1. The summed E-state index contributed by atoms with van der Waals surface area (Å²) in [4.78, 5) is 15.0. The summed E-state index contributed by atoms with van der Waals surface area (Å²) in [5, 5.41) is 1.10. The van der Waals surface area contributed by atoms with E-state index in [2.05, 4.69) is 4.98 Å².